The number of fused-ring (bicyclic) bond motifs is 4. The van der Waals surface area contributed by atoms with E-state index in [1.807, 2.05) is 29.7 Å². The summed E-state index contributed by atoms with van der Waals surface area (Å²) in [4.78, 5) is 30.4. The molecule has 3 aliphatic rings. The molecule has 1 amide bonds. The molecule has 2 atom stereocenters. The largest absolute Gasteiger partial charge is 0.465 e. The van der Waals surface area contributed by atoms with Gasteiger partial charge in [0.25, 0.3) is 11.5 Å². The Morgan fingerprint density at radius 1 is 1.10 bits per heavy atom. The van der Waals surface area contributed by atoms with E-state index in [9.17, 15) is 9.59 Å². The molecule has 2 fully saturated rings. The lowest BCUT2D eigenvalue weighted by Crippen LogP contribution is -2.48. The van der Waals surface area contributed by atoms with Gasteiger partial charge in [-0.05, 0) is 49.9 Å². The smallest absolute Gasteiger partial charge is 0.263 e. The highest BCUT2D eigenvalue weighted by Crippen LogP contribution is 2.35. The summed E-state index contributed by atoms with van der Waals surface area (Å²) in [6.07, 6.45) is 1.91. The van der Waals surface area contributed by atoms with Crippen molar-refractivity contribution < 1.29 is 13.9 Å². The fraction of sp³-hybridized carbons (Fsp3) is 0.565. The molecule has 5 heterocycles. The zero-order valence-electron chi connectivity index (χ0n) is 17.5. The van der Waals surface area contributed by atoms with Gasteiger partial charge in [-0.15, -0.1) is 0 Å². The first-order chi connectivity index (χ1) is 14.6. The topological polar surface area (TPSA) is 67.9 Å². The molecule has 5 rings (SSSR count). The maximum Gasteiger partial charge on any atom is 0.263 e. The van der Waals surface area contributed by atoms with Crippen molar-refractivity contribution in [3.8, 4) is 0 Å². The molecule has 0 spiro atoms. The van der Waals surface area contributed by atoms with E-state index in [2.05, 4.69) is 4.90 Å². The predicted octanol–water partition coefficient (Wildman–Crippen LogP) is 2.23. The number of ether oxygens (including phenoxy) is 1. The van der Waals surface area contributed by atoms with E-state index in [1.54, 1.807) is 11.0 Å². The highest BCUT2D eigenvalue weighted by molar-refractivity contribution is 5.94. The van der Waals surface area contributed by atoms with E-state index in [-0.39, 0.29) is 11.5 Å². The van der Waals surface area contributed by atoms with Crippen molar-refractivity contribution in [1.82, 2.24) is 14.4 Å². The summed E-state index contributed by atoms with van der Waals surface area (Å²) in [5, 5.41) is 0. The van der Waals surface area contributed by atoms with Crippen LogP contribution in [0.1, 0.15) is 46.3 Å². The van der Waals surface area contributed by atoms with Gasteiger partial charge in [-0.3, -0.25) is 14.5 Å². The van der Waals surface area contributed by atoms with E-state index in [0.717, 1.165) is 49.7 Å². The molecular formula is C23H29N3O4. The molecule has 7 nitrogen and oxygen atoms in total. The van der Waals surface area contributed by atoms with Gasteiger partial charge in [-0.1, -0.05) is 0 Å². The molecule has 2 saturated heterocycles. The van der Waals surface area contributed by atoms with Crippen molar-refractivity contribution in [2.24, 2.45) is 5.92 Å². The van der Waals surface area contributed by atoms with Gasteiger partial charge in [-0.2, -0.15) is 0 Å². The van der Waals surface area contributed by atoms with Crippen LogP contribution in [0.15, 0.2) is 33.5 Å². The lowest BCUT2D eigenvalue weighted by Gasteiger charge is -2.42. The zero-order valence-corrected chi connectivity index (χ0v) is 17.5. The van der Waals surface area contributed by atoms with E-state index < -0.39 is 0 Å². The number of pyridine rings is 1. The SMILES string of the molecule is Cc1ccc(CN2C[C@@H]3C[C@H](C2)c2ccc(C(=O)N4CCCOCC4)c(=O)n2C3)o1. The minimum atomic E-state index is -0.161. The number of carbonyl (C=O) groups excluding carboxylic acids is 1. The fourth-order valence-corrected chi connectivity index (χ4v) is 5.25. The van der Waals surface area contributed by atoms with Crippen molar-refractivity contribution in [3.63, 3.8) is 0 Å². The van der Waals surface area contributed by atoms with Crippen LogP contribution in [0, 0.1) is 12.8 Å². The molecule has 2 aromatic heterocycles. The molecule has 7 heteroatoms. The third-order valence-corrected chi connectivity index (χ3v) is 6.60. The lowest BCUT2D eigenvalue weighted by molar-refractivity contribution is 0.0735. The Bertz CT molecular complexity index is 987. The first-order valence-corrected chi connectivity index (χ1v) is 11.0. The van der Waals surface area contributed by atoms with Gasteiger partial charge < -0.3 is 18.6 Å². The van der Waals surface area contributed by atoms with Crippen LogP contribution in [-0.4, -0.2) is 59.7 Å². The van der Waals surface area contributed by atoms with Gasteiger partial charge in [0.2, 0.25) is 0 Å². The van der Waals surface area contributed by atoms with Crippen LogP contribution in [-0.2, 0) is 17.8 Å². The Morgan fingerprint density at radius 2 is 2.00 bits per heavy atom. The second-order valence-corrected chi connectivity index (χ2v) is 8.85. The zero-order chi connectivity index (χ0) is 20.7. The third-order valence-electron chi connectivity index (χ3n) is 6.60. The average Bonchev–Trinajstić information content (AvgIpc) is 2.97. The summed E-state index contributed by atoms with van der Waals surface area (Å²) >= 11 is 0. The van der Waals surface area contributed by atoms with Crippen molar-refractivity contribution in [1.29, 1.82) is 0 Å². The van der Waals surface area contributed by atoms with Crippen LogP contribution >= 0.6 is 0 Å². The van der Waals surface area contributed by atoms with Crippen molar-refractivity contribution in [2.75, 3.05) is 39.4 Å². The van der Waals surface area contributed by atoms with Gasteiger partial charge in [-0.25, -0.2) is 0 Å². The lowest BCUT2D eigenvalue weighted by atomic mass is 9.83. The number of furan rings is 1. The van der Waals surface area contributed by atoms with Crippen molar-refractivity contribution in [3.05, 3.63) is 57.4 Å². The Hall–Kier alpha value is -2.38. The Balaban J connectivity index is 1.37. The molecule has 0 N–H and O–H groups in total. The highest BCUT2D eigenvalue weighted by atomic mass is 16.5. The van der Waals surface area contributed by atoms with Crippen LogP contribution < -0.4 is 5.56 Å². The second-order valence-electron chi connectivity index (χ2n) is 8.85. The fourth-order valence-electron chi connectivity index (χ4n) is 5.25. The number of nitrogens with zero attached hydrogens (tertiary/aromatic N) is 3. The van der Waals surface area contributed by atoms with Gasteiger partial charge in [0.1, 0.15) is 17.1 Å². The molecule has 30 heavy (non-hydrogen) atoms. The van der Waals surface area contributed by atoms with E-state index >= 15 is 0 Å². The Labute approximate surface area is 176 Å². The molecule has 160 valence electrons. The number of hydrogen-bond donors (Lipinski definition) is 0. The maximum absolute atomic E-state index is 13.2. The number of hydrogen-bond acceptors (Lipinski definition) is 5. The quantitative estimate of drug-likeness (QED) is 0.775. The monoisotopic (exact) mass is 411 g/mol. The van der Waals surface area contributed by atoms with Crippen LogP contribution in [0.2, 0.25) is 0 Å². The molecule has 0 aliphatic carbocycles. The molecule has 2 bridgehead atoms. The summed E-state index contributed by atoms with van der Waals surface area (Å²) in [7, 11) is 0. The van der Waals surface area contributed by atoms with Gasteiger partial charge >= 0.3 is 0 Å². The maximum atomic E-state index is 13.2. The third kappa shape index (κ3) is 3.72. The summed E-state index contributed by atoms with van der Waals surface area (Å²) in [5.41, 5.74) is 1.23. The summed E-state index contributed by atoms with van der Waals surface area (Å²) in [6.45, 7) is 7.71. The number of amides is 1. The van der Waals surface area contributed by atoms with Gasteiger partial charge in [0, 0.05) is 50.9 Å². The Kier molecular flexibility index (Phi) is 5.25. The number of aromatic nitrogens is 1. The Morgan fingerprint density at radius 3 is 2.83 bits per heavy atom. The molecule has 3 aliphatic heterocycles. The number of rotatable bonds is 3. The molecule has 0 radical (unpaired) electrons. The first-order valence-electron chi connectivity index (χ1n) is 11.0. The normalized spacial score (nSPS) is 24.4. The average molecular weight is 412 g/mol. The number of piperidine rings is 1. The van der Waals surface area contributed by atoms with Crippen LogP contribution in [0.25, 0.3) is 0 Å². The number of aryl methyl sites for hydroxylation is 1. The van der Waals surface area contributed by atoms with E-state index in [1.165, 1.54) is 0 Å². The molecule has 0 saturated carbocycles. The minimum Gasteiger partial charge on any atom is -0.465 e. The first kappa shape index (κ1) is 19.6. The molecule has 0 unspecified atom stereocenters. The minimum absolute atomic E-state index is 0.132. The molecule has 2 aromatic rings. The van der Waals surface area contributed by atoms with E-state index in [0.29, 0.717) is 50.2 Å². The molecular weight excluding hydrogens is 382 g/mol. The summed E-state index contributed by atoms with van der Waals surface area (Å²) < 4.78 is 13.1. The predicted molar refractivity (Wildman–Crippen MR) is 112 cm³/mol. The number of carbonyl (C=O) groups is 1. The standard InChI is InChI=1S/C23H29N3O4/c1-16-3-4-19(30-16)15-24-12-17-11-18(14-24)21-6-5-20(23(28)26(21)13-17)22(27)25-7-2-9-29-10-8-25/h3-6,17-18H,2,7-15H2,1H3/t17-,18+/m0/s1. The van der Waals surface area contributed by atoms with Crippen LogP contribution in [0.3, 0.4) is 0 Å². The number of likely N-dealkylation sites (tertiary alicyclic amines) is 1. The van der Waals surface area contributed by atoms with Gasteiger partial charge in [0.15, 0.2) is 0 Å². The summed E-state index contributed by atoms with van der Waals surface area (Å²) in [5.74, 6) is 2.50. The van der Waals surface area contributed by atoms with Crippen molar-refractivity contribution >= 4 is 5.91 Å². The van der Waals surface area contributed by atoms with Crippen LogP contribution in [0.5, 0.6) is 0 Å². The second kappa shape index (κ2) is 8.04. The van der Waals surface area contributed by atoms with Crippen LogP contribution in [0.4, 0.5) is 0 Å². The van der Waals surface area contributed by atoms with Gasteiger partial charge in [0.05, 0.1) is 13.2 Å². The molecule has 0 aromatic carbocycles. The highest BCUT2D eigenvalue weighted by Gasteiger charge is 2.36. The summed E-state index contributed by atoms with van der Waals surface area (Å²) in [6, 6.07) is 7.80. The van der Waals surface area contributed by atoms with Crippen molar-refractivity contribution in [2.45, 2.75) is 38.8 Å². The van der Waals surface area contributed by atoms with E-state index in [4.69, 9.17) is 9.15 Å².